The lowest BCUT2D eigenvalue weighted by Gasteiger charge is -2.49. The van der Waals surface area contributed by atoms with E-state index >= 15 is 0 Å². The molecule has 1 aromatic carbocycles. The van der Waals surface area contributed by atoms with Gasteiger partial charge in [0.05, 0.1) is 51.7 Å². The van der Waals surface area contributed by atoms with Crippen molar-refractivity contribution in [3.05, 3.63) is 35.9 Å². The Kier molecular flexibility index (Phi) is 17.6. The van der Waals surface area contributed by atoms with Crippen molar-refractivity contribution in [2.75, 3.05) is 32.9 Å². The molecular weight excluding hydrogens is 698 g/mol. The second-order valence-corrected chi connectivity index (χ2v) is 13.0. The third-order valence-electron chi connectivity index (χ3n) is 9.25. The van der Waals surface area contributed by atoms with Crippen molar-refractivity contribution in [3.63, 3.8) is 0 Å². The van der Waals surface area contributed by atoms with Crippen LogP contribution in [0.2, 0.25) is 0 Å². The van der Waals surface area contributed by atoms with Gasteiger partial charge in [0.2, 0.25) is 5.79 Å². The second kappa shape index (κ2) is 20.6. The van der Waals surface area contributed by atoms with Crippen LogP contribution in [0.4, 0.5) is 0 Å². The molecule has 4 rings (SSSR count). The molecule has 300 valence electrons. The topological polar surface area (TPSA) is 314 Å². The number of aliphatic hydroxyl groups excluding tert-OH is 10. The highest BCUT2D eigenvalue weighted by Gasteiger charge is 2.54. The van der Waals surface area contributed by atoms with E-state index in [4.69, 9.17) is 28.4 Å². The number of rotatable bonds is 15. The third-order valence-corrected chi connectivity index (χ3v) is 9.25. The maximum atomic E-state index is 12.2. The number of carboxylic acid groups (broad SMARTS) is 1. The highest BCUT2D eigenvalue weighted by atomic mass is 16.8. The summed E-state index contributed by atoms with van der Waals surface area (Å²) in [6.45, 7) is 5.56. The standard InChI is InChI=1S/C29H44O18.C4H11N/c1-12-14(32)7-29(28(40)41,47-24(12)18(34)15(33)8-30)43-11-17-19(35)20(36)22(38)27(45-17)46-25-16(9-31)44-26(23(39)21(25)37)42-10-13-5-3-2-4-6-13;1-3-5-4-2/h2-6,12,14-27,30-39H,7-11H2,1H3,(H,40,41);5H,3-4H2,1-2H3/t12-,14-,15-,16?,17?,18-,19+,20+,21-,22?,23?,24?,25-,26-,27+,29-;/m1./s1. The summed E-state index contributed by atoms with van der Waals surface area (Å²) in [5.41, 5.74) is 0.730. The molecule has 3 aliphatic rings. The predicted molar refractivity (Wildman–Crippen MR) is 171 cm³/mol. The number of carboxylic acids is 1. The fourth-order valence-corrected chi connectivity index (χ4v) is 5.98. The quantitative estimate of drug-likeness (QED) is 0.0793. The molecule has 12 N–H and O–H groups in total. The largest absolute Gasteiger partial charge is 0.544 e. The Morgan fingerprint density at radius 2 is 1.54 bits per heavy atom. The van der Waals surface area contributed by atoms with E-state index in [1.807, 2.05) is 0 Å². The van der Waals surface area contributed by atoms with E-state index in [1.54, 1.807) is 30.3 Å². The second-order valence-electron chi connectivity index (χ2n) is 13.0. The van der Waals surface area contributed by atoms with Crippen LogP contribution in [-0.4, -0.2) is 182 Å². The van der Waals surface area contributed by atoms with Crippen molar-refractivity contribution >= 4 is 5.97 Å². The summed E-state index contributed by atoms with van der Waals surface area (Å²) in [4.78, 5) is 12.2. The van der Waals surface area contributed by atoms with Gasteiger partial charge in [0.25, 0.3) is 0 Å². The summed E-state index contributed by atoms with van der Waals surface area (Å²) < 4.78 is 33.3. The van der Waals surface area contributed by atoms with E-state index in [1.165, 1.54) is 20.0 Å². The van der Waals surface area contributed by atoms with Crippen LogP contribution in [0.3, 0.4) is 0 Å². The normalized spacial score (nSPS) is 39.2. The fourth-order valence-electron chi connectivity index (χ4n) is 5.98. The van der Waals surface area contributed by atoms with E-state index in [0.717, 1.165) is 5.56 Å². The van der Waals surface area contributed by atoms with E-state index in [0.29, 0.717) is 0 Å². The summed E-state index contributed by atoms with van der Waals surface area (Å²) in [6, 6.07) is 8.83. The monoisotopic (exact) mass is 753 g/mol. The number of aliphatic hydroxyl groups is 10. The summed E-state index contributed by atoms with van der Waals surface area (Å²) in [7, 11) is 0. The first-order chi connectivity index (χ1) is 24.7. The lowest BCUT2D eigenvalue weighted by molar-refractivity contribution is -0.648. The summed E-state index contributed by atoms with van der Waals surface area (Å²) in [6.07, 6.45) is -24.7. The number of ether oxygens (including phenoxy) is 6. The molecule has 0 spiro atoms. The lowest BCUT2D eigenvalue weighted by atomic mass is 9.84. The van der Waals surface area contributed by atoms with Crippen molar-refractivity contribution in [1.29, 1.82) is 0 Å². The summed E-state index contributed by atoms with van der Waals surface area (Å²) >= 11 is 0. The molecule has 0 aliphatic carbocycles. The minimum Gasteiger partial charge on any atom is -0.544 e. The van der Waals surface area contributed by atoms with E-state index in [9.17, 15) is 61.0 Å². The maximum absolute atomic E-state index is 12.2. The van der Waals surface area contributed by atoms with Crippen molar-refractivity contribution in [2.24, 2.45) is 5.92 Å². The van der Waals surface area contributed by atoms with Crippen LogP contribution in [0.5, 0.6) is 0 Å². The third kappa shape index (κ3) is 10.8. The first-order valence-corrected chi connectivity index (χ1v) is 17.3. The average molecular weight is 754 g/mol. The summed E-state index contributed by atoms with van der Waals surface area (Å²) in [5, 5.41) is 118. The molecular formula is C33H55NO18. The Labute approximate surface area is 300 Å². The molecule has 16 atom stereocenters. The van der Waals surface area contributed by atoms with Gasteiger partial charge in [-0.2, -0.15) is 0 Å². The van der Waals surface area contributed by atoms with Gasteiger partial charge in [-0.25, -0.2) is 0 Å². The zero-order valence-electron chi connectivity index (χ0n) is 29.3. The Morgan fingerprint density at radius 1 is 0.923 bits per heavy atom. The van der Waals surface area contributed by atoms with Crippen LogP contribution < -0.4 is 10.4 Å². The SMILES string of the molecule is CC[NH2+]CC.C[C@H]1C([C@H](O)[C@H](O)CO)O[C@@](OCC2O[C@@H](O[C@@H]3C(CO)O[C@@H](OCc4ccccc4)C(O)[C@H]3O)C(O)[C@@H](O)[C@H]2O)(C(=O)[O-])C[C@H]1O. The maximum Gasteiger partial charge on any atom is 0.212 e. The zero-order chi connectivity index (χ0) is 38.7. The van der Waals surface area contributed by atoms with Gasteiger partial charge in [0, 0.05) is 12.3 Å². The molecule has 3 fully saturated rings. The Balaban J connectivity index is 0.00000136. The number of hydrogen-bond donors (Lipinski definition) is 11. The van der Waals surface area contributed by atoms with E-state index in [2.05, 4.69) is 19.2 Å². The molecule has 3 aliphatic heterocycles. The van der Waals surface area contributed by atoms with Gasteiger partial charge in [0.1, 0.15) is 67.0 Å². The lowest BCUT2D eigenvalue weighted by Crippen LogP contribution is -2.82. The average Bonchev–Trinajstić information content (AvgIpc) is 3.14. The van der Waals surface area contributed by atoms with Crippen LogP contribution in [0.25, 0.3) is 0 Å². The number of hydrogen-bond acceptors (Lipinski definition) is 18. The molecule has 52 heavy (non-hydrogen) atoms. The molecule has 5 unspecified atom stereocenters. The molecule has 19 heteroatoms. The number of benzene rings is 1. The zero-order valence-corrected chi connectivity index (χ0v) is 29.3. The number of aliphatic carboxylic acids is 1. The molecule has 0 aromatic heterocycles. The highest BCUT2D eigenvalue weighted by molar-refractivity contribution is 5.73. The minimum absolute atomic E-state index is 0.0100. The predicted octanol–water partition coefficient (Wildman–Crippen LogP) is -6.61. The van der Waals surface area contributed by atoms with Gasteiger partial charge >= 0.3 is 0 Å². The van der Waals surface area contributed by atoms with Crippen LogP contribution in [0.1, 0.15) is 32.8 Å². The van der Waals surface area contributed by atoms with Gasteiger partial charge in [0.15, 0.2) is 12.6 Å². The number of quaternary nitrogens is 1. The highest BCUT2D eigenvalue weighted by Crippen LogP contribution is 2.37. The van der Waals surface area contributed by atoms with Crippen molar-refractivity contribution < 1.29 is 94.7 Å². The Bertz CT molecular complexity index is 1180. The molecule has 3 heterocycles. The van der Waals surface area contributed by atoms with Gasteiger partial charge in [-0.05, 0) is 19.4 Å². The van der Waals surface area contributed by atoms with Crippen LogP contribution in [0.15, 0.2) is 30.3 Å². The van der Waals surface area contributed by atoms with E-state index < -0.39 is 130 Å². The van der Waals surface area contributed by atoms with Gasteiger partial charge in [-0.3, -0.25) is 0 Å². The Hall–Kier alpha value is -1.99. The van der Waals surface area contributed by atoms with Crippen LogP contribution in [0, 0.1) is 5.92 Å². The smallest absolute Gasteiger partial charge is 0.212 e. The molecule has 0 bridgehead atoms. The van der Waals surface area contributed by atoms with Gasteiger partial charge in [-0.1, -0.05) is 37.3 Å². The molecule has 0 amide bonds. The number of carbonyl (C=O) groups is 1. The molecule has 0 radical (unpaired) electrons. The van der Waals surface area contributed by atoms with Crippen LogP contribution in [-0.2, 0) is 39.8 Å². The van der Waals surface area contributed by atoms with Gasteiger partial charge < -0.3 is 94.7 Å². The number of nitrogens with two attached hydrogens (primary N) is 1. The fraction of sp³-hybridized carbons (Fsp3) is 0.788. The van der Waals surface area contributed by atoms with Crippen molar-refractivity contribution in [2.45, 2.75) is 125 Å². The Morgan fingerprint density at radius 3 is 2.10 bits per heavy atom. The van der Waals surface area contributed by atoms with Gasteiger partial charge in [-0.15, -0.1) is 0 Å². The van der Waals surface area contributed by atoms with Crippen molar-refractivity contribution in [3.8, 4) is 0 Å². The molecule has 0 saturated carbocycles. The summed E-state index contributed by atoms with van der Waals surface area (Å²) in [5.74, 6) is -5.73. The number of carbonyl (C=O) groups excluding carboxylic acids is 1. The molecule has 3 saturated heterocycles. The molecule has 19 nitrogen and oxygen atoms in total. The first kappa shape index (κ1) is 44.4. The van der Waals surface area contributed by atoms with Crippen molar-refractivity contribution in [1.82, 2.24) is 0 Å². The van der Waals surface area contributed by atoms with Crippen LogP contribution >= 0.6 is 0 Å². The first-order valence-electron chi connectivity index (χ1n) is 17.3. The van der Waals surface area contributed by atoms with E-state index in [-0.39, 0.29) is 6.61 Å². The molecule has 1 aromatic rings. The minimum atomic E-state index is -2.78.